The smallest absolute Gasteiger partial charge is 0.323 e. The third-order valence-corrected chi connectivity index (χ3v) is 3.49. The van der Waals surface area contributed by atoms with Crippen molar-refractivity contribution < 1.29 is 4.74 Å². The van der Waals surface area contributed by atoms with E-state index < -0.39 is 0 Å². The number of hydrazine groups is 1. The average Bonchev–Trinajstić information content (AvgIpc) is 2.40. The minimum atomic E-state index is 0.172. The van der Waals surface area contributed by atoms with Crippen LogP contribution in [0.3, 0.4) is 0 Å². The van der Waals surface area contributed by atoms with Crippen molar-refractivity contribution in [2.75, 3.05) is 17.8 Å². The van der Waals surface area contributed by atoms with Crippen molar-refractivity contribution in [3.63, 3.8) is 0 Å². The highest BCUT2D eigenvalue weighted by Gasteiger charge is 2.25. The molecular formula is C13H24N6O. The summed E-state index contributed by atoms with van der Waals surface area (Å²) in [7, 11) is 0. The monoisotopic (exact) mass is 280 g/mol. The first kappa shape index (κ1) is 14.8. The van der Waals surface area contributed by atoms with E-state index in [1.165, 1.54) is 6.42 Å². The number of aromatic nitrogens is 3. The van der Waals surface area contributed by atoms with Gasteiger partial charge in [-0.15, -0.1) is 0 Å². The Morgan fingerprint density at radius 2 is 1.95 bits per heavy atom. The molecule has 1 aromatic rings. The number of anilines is 2. The first-order chi connectivity index (χ1) is 9.60. The van der Waals surface area contributed by atoms with Gasteiger partial charge in [0.2, 0.25) is 11.9 Å². The van der Waals surface area contributed by atoms with Gasteiger partial charge in [-0.1, -0.05) is 13.3 Å². The van der Waals surface area contributed by atoms with Crippen LogP contribution < -0.4 is 15.9 Å². The van der Waals surface area contributed by atoms with E-state index in [1.807, 2.05) is 6.92 Å². The molecule has 0 aliphatic carbocycles. The third-order valence-electron chi connectivity index (χ3n) is 3.49. The van der Waals surface area contributed by atoms with E-state index in [-0.39, 0.29) is 12.0 Å². The van der Waals surface area contributed by atoms with Gasteiger partial charge in [-0.05, 0) is 33.1 Å². The van der Waals surface area contributed by atoms with E-state index in [2.05, 4.69) is 39.2 Å². The highest BCUT2D eigenvalue weighted by molar-refractivity contribution is 5.32. The standard InChI is InChI=1S/C13H24N6O/c1-4-8-20-13-16-11(14)15-12(17-13)18-19-9(2)6-5-7-10(19)3/h9-10H,4-8H2,1-3H3,(H3,14,15,16,17,18). The molecule has 1 aromatic heterocycles. The van der Waals surface area contributed by atoms with E-state index in [4.69, 9.17) is 10.5 Å². The second kappa shape index (κ2) is 6.69. The van der Waals surface area contributed by atoms with E-state index in [0.29, 0.717) is 24.6 Å². The highest BCUT2D eigenvalue weighted by Crippen LogP contribution is 2.22. The number of nitrogens with zero attached hydrogens (tertiary/aromatic N) is 4. The minimum Gasteiger partial charge on any atom is -0.463 e. The largest absolute Gasteiger partial charge is 0.463 e. The topological polar surface area (TPSA) is 89.2 Å². The second-order valence-electron chi connectivity index (χ2n) is 5.30. The van der Waals surface area contributed by atoms with Gasteiger partial charge in [0, 0.05) is 12.1 Å². The Morgan fingerprint density at radius 3 is 2.60 bits per heavy atom. The summed E-state index contributed by atoms with van der Waals surface area (Å²) in [4.78, 5) is 12.4. The fourth-order valence-corrected chi connectivity index (χ4v) is 2.44. The van der Waals surface area contributed by atoms with Crippen molar-refractivity contribution in [1.82, 2.24) is 20.0 Å². The van der Waals surface area contributed by atoms with Gasteiger partial charge in [-0.2, -0.15) is 15.0 Å². The van der Waals surface area contributed by atoms with Gasteiger partial charge >= 0.3 is 6.01 Å². The first-order valence-electron chi connectivity index (χ1n) is 7.29. The van der Waals surface area contributed by atoms with Gasteiger partial charge < -0.3 is 10.5 Å². The van der Waals surface area contributed by atoms with Crippen molar-refractivity contribution in [3.05, 3.63) is 0 Å². The van der Waals surface area contributed by atoms with E-state index in [9.17, 15) is 0 Å². The SMILES string of the molecule is CCCOc1nc(N)nc(NN2C(C)CCCC2C)n1. The molecule has 1 aliphatic heterocycles. The van der Waals surface area contributed by atoms with Crippen LogP contribution >= 0.6 is 0 Å². The lowest BCUT2D eigenvalue weighted by Crippen LogP contribution is -2.47. The Hall–Kier alpha value is -1.63. The Bertz CT molecular complexity index is 431. The molecule has 1 aliphatic rings. The van der Waals surface area contributed by atoms with Gasteiger partial charge in [0.05, 0.1) is 6.61 Å². The molecule has 3 N–H and O–H groups in total. The lowest BCUT2D eigenvalue weighted by molar-refractivity contribution is 0.134. The molecule has 0 saturated carbocycles. The van der Waals surface area contributed by atoms with Crippen molar-refractivity contribution in [1.29, 1.82) is 0 Å². The lowest BCUT2D eigenvalue weighted by Gasteiger charge is -2.38. The summed E-state index contributed by atoms with van der Waals surface area (Å²) in [5.41, 5.74) is 8.95. The molecule has 2 unspecified atom stereocenters. The van der Waals surface area contributed by atoms with E-state index in [0.717, 1.165) is 19.3 Å². The maximum atomic E-state index is 5.70. The molecule has 0 aromatic carbocycles. The fourth-order valence-electron chi connectivity index (χ4n) is 2.44. The lowest BCUT2D eigenvalue weighted by atomic mass is 10.00. The van der Waals surface area contributed by atoms with Gasteiger partial charge in [0.1, 0.15) is 0 Å². The van der Waals surface area contributed by atoms with Crippen LogP contribution in [0, 0.1) is 0 Å². The van der Waals surface area contributed by atoms with Crippen LogP contribution in [0.2, 0.25) is 0 Å². The molecule has 2 rings (SSSR count). The quantitative estimate of drug-likeness (QED) is 0.850. The molecule has 2 heterocycles. The van der Waals surface area contributed by atoms with Crippen molar-refractivity contribution in [3.8, 4) is 6.01 Å². The molecule has 112 valence electrons. The molecule has 1 fully saturated rings. The van der Waals surface area contributed by atoms with Crippen LogP contribution in [0.5, 0.6) is 6.01 Å². The Labute approximate surface area is 119 Å². The molecule has 20 heavy (non-hydrogen) atoms. The van der Waals surface area contributed by atoms with E-state index in [1.54, 1.807) is 0 Å². The summed E-state index contributed by atoms with van der Waals surface area (Å²) >= 11 is 0. The molecule has 7 heteroatoms. The summed E-state index contributed by atoms with van der Waals surface area (Å²) in [6, 6.07) is 1.16. The normalized spacial score (nSPS) is 23.6. The van der Waals surface area contributed by atoms with Crippen molar-refractivity contribution >= 4 is 11.9 Å². The minimum absolute atomic E-state index is 0.172. The van der Waals surface area contributed by atoms with Crippen LogP contribution in [0.25, 0.3) is 0 Å². The number of hydrogen-bond acceptors (Lipinski definition) is 7. The van der Waals surface area contributed by atoms with Gasteiger partial charge in [-0.25, -0.2) is 5.01 Å². The van der Waals surface area contributed by atoms with Gasteiger partial charge in [-0.3, -0.25) is 5.43 Å². The zero-order valence-electron chi connectivity index (χ0n) is 12.5. The summed E-state index contributed by atoms with van der Waals surface area (Å²) in [5, 5.41) is 2.18. The van der Waals surface area contributed by atoms with Crippen molar-refractivity contribution in [2.45, 2.75) is 58.5 Å². The number of nitrogens with one attached hydrogen (secondary N) is 1. The number of piperidine rings is 1. The molecule has 0 bridgehead atoms. The van der Waals surface area contributed by atoms with Crippen LogP contribution in [0.15, 0.2) is 0 Å². The second-order valence-corrected chi connectivity index (χ2v) is 5.30. The predicted molar refractivity (Wildman–Crippen MR) is 78.3 cm³/mol. The van der Waals surface area contributed by atoms with Crippen LogP contribution in [0.4, 0.5) is 11.9 Å². The maximum absolute atomic E-state index is 5.70. The zero-order chi connectivity index (χ0) is 14.5. The molecule has 0 spiro atoms. The Balaban J connectivity index is 2.09. The van der Waals surface area contributed by atoms with Crippen molar-refractivity contribution in [2.24, 2.45) is 0 Å². The zero-order valence-corrected chi connectivity index (χ0v) is 12.5. The van der Waals surface area contributed by atoms with Crippen LogP contribution in [0.1, 0.15) is 46.5 Å². The van der Waals surface area contributed by atoms with Crippen LogP contribution in [-0.2, 0) is 0 Å². The van der Waals surface area contributed by atoms with Crippen LogP contribution in [-0.4, -0.2) is 38.7 Å². The summed E-state index contributed by atoms with van der Waals surface area (Å²) in [6.07, 6.45) is 4.48. The van der Waals surface area contributed by atoms with Gasteiger partial charge in [0.25, 0.3) is 0 Å². The third kappa shape index (κ3) is 3.69. The number of ether oxygens (including phenoxy) is 1. The van der Waals surface area contributed by atoms with Gasteiger partial charge in [0.15, 0.2) is 0 Å². The Morgan fingerprint density at radius 1 is 1.25 bits per heavy atom. The molecule has 0 radical (unpaired) electrons. The predicted octanol–water partition coefficient (Wildman–Crippen LogP) is 1.83. The Kier molecular flexibility index (Phi) is 4.94. The molecular weight excluding hydrogens is 256 g/mol. The average molecular weight is 280 g/mol. The number of hydrogen-bond donors (Lipinski definition) is 2. The summed E-state index contributed by atoms with van der Waals surface area (Å²) < 4.78 is 5.42. The number of nitrogens with two attached hydrogens (primary N) is 1. The molecule has 7 nitrogen and oxygen atoms in total. The molecule has 2 atom stereocenters. The fraction of sp³-hybridized carbons (Fsp3) is 0.769. The maximum Gasteiger partial charge on any atom is 0.323 e. The summed E-state index contributed by atoms with van der Waals surface area (Å²) in [6.45, 7) is 6.99. The first-order valence-corrected chi connectivity index (χ1v) is 7.29. The van der Waals surface area contributed by atoms with E-state index >= 15 is 0 Å². The summed E-state index contributed by atoms with van der Waals surface area (Å²) in [5.74, 6) is 0.620. The molecule has 0 amide bonds. The number of rotatable bonds is 5. The molecule has 1 saturated heterocycles. The highest BCUT2D eigenvalue weighted by atomic mass is 16.5. The number of nitrogen functional groups attached to an aromatic ring is 1.